The zero-order valence-corrected chi connectivity index (χ0v) is 8.84. The van der Waals surface area contributed by atoms with Crippen molar-refractivity contribution in [1.29, 1.82) is 0 Å². The highest BCUT2D eigenvalue weighted by Gasteiger charge is 2.27. The maximum atomic E-state index is 11.7. The van der Waals surface area contributed by atoms with Gasteiger partial charge in [-0.2, -0.15) is 0 Å². The van der Waals surface area contributed by atoms with Crippen LogP contribution in [0.3, 0.4) is 0 Å². The number of benzene rings is 1. The minimum absolute atomic E-state index is 0.191. The van der Waals surface area contributed by atoms with Crippen molar-refractivity contribution in [3.05, 3.63) is 34.9 Å². The molecular weight excluding hydrogens is 172 g/mol. The molecule has 0 bridgehead atoms. The Hall–Kier alpha value is -1.11. The van der Waals surface area contributed by atoms with Crippen molar-refractivity contribution < 1.29 is 4.79 Å². The molecule has 1 aliphatic rings. The summed E-state index contributed by atoms with van der Waals surface area (Å²) in [6.45, 7) is 4.21. The van der Waals surface area contributed by atoms with E-state index >= 15 is 0 Å². The van der Waals surface area contributed by atoms with Gasteiger partial charge in [0.25, 0.3) is 0 Å². The van der Waals surface area contributed by atoms with E-state index in [2.05, 4.69) is 32.0 Å². The first-order chi connectivity index (χ1) is 6.70. The van der Waals surface area contributed by atoms with E-state index in [0.717, 1.165) is 19.3 Å². The molecule has 0 saturated heterocycles. The molecule has 1 aromatic rings. The van der Waals surface area contributed by atoms with E-state index in [1.807, 2.05) is 0 Å². The molecule has 1 unspecified atom stereocenters. The first kappa shape index (κ1) is 9.45. The summed E-state index contributed by atoms with van der Waals surface area (Å²) in [5.74, 6) is 0.624. The van der Waals surface area contributed by atoms with E-state index in [1.54, 1.807) is 0 Å². The van der Waals surface area contributed by atoms with Crippen LogP contribution in [0, 0.1) is 13.8 Å². The van der Waals surface area contributed by atoms with Crippen LogP contribution in [0.2, 0.25) is 0 Å². The predicted molar refractivity (Wildman–Crippen MR) is 57.5 cm³/mol. The molecule has 0 heterocycles. The zero-order valence-electron chi connectivity index (χ0n) is 8.84. The Morgan fingerprint density at radius 3 is 2.36 bits per heavy atom. The molecule has 1 heteroatoms. The molecule has 1 saturated carbocycles. The average Bonchev–Trinajstić information content (AvgIpc) is 2.52. The number of rotatable bonds is 1. The molecule has 0 radical (unpaired) electrons. The van der Waals surface area contributed by atoms with Gasteiger partial charge in [0.05, 0.1) is 0 Å². The van der Waals surface area contributed by atoms with Crippen molar-refractivity contribution >= 4 is 5.78 Å². The van der Waals surface area contributed by atoms with Gasteiger partial charge in [0.1, 0.15) is 5.78 Å². The Balaban J connectivity index is 2.44. The van der Waals surface area contributed by atoms with Crippen LogP contribution in [0.15, 0.2) is 18.2 Å². The second-order valence-electron chi connectivity index (χ2n) is 4.22. The molecule has 74 valence electrons. The molecule has 0 aliphatic heterocycles. The molecule has 1 aliphatic carbocycles. The fourth-order valence-electron chi connectivity index (χ4n) is 2.50. The van der Waals surface area contributed by atoms with Crippen LogP contribution in [0.4, 0.5) is 0 Å². The van der Waals surface area contributed by atoms with Crippen LogP contribution in [0.25, 0.3) is 0 Å². The standard InChI is InChI=1S/C13H16O/c1-9-5-3-6-10(2)13(9)11-7-4-8-12(11)14/h3,5-6,11H,4,7-8H2,1-2H3. The van der Waals surface area contributed by atoms with E-state index < -0.39 is 0 Å². The third-order valence-corrected chi connectivity index (χ3v) is 3.20. The topological polar surface area (TPSA) is 17.1 Å². The van der Waals surface area contributed by atoms with Gasteiger partial charge in [-0.15, -0.1) is 0 Å². The van der Waals surface area contributed by atoms with Gasteiger partial charge in [0.15, 0.2) is 0 Å². The number of hydrogen-bond acceptors (Lipinski definition) is 1. The summed E-state index contributed by atoms with van der Waals surface area (Å²) in [4.78, 5) is 11.7. The third-order valence-electron chi connectivity index (χ3n) is 3.20. The molecule has 14 heavy (non-hydrogen) atoms. The zero-order chi connectivity index (χ0) is 10.1. The molecule has 0 N–H and O–H groups in total. The normalized spacial score (nSPS) is 21.6. The lowest BCUT2D eigenvalue weighted by Crippen LogP contribution is -2.07. The lowest BCUT2D eigenvalue weighted by Gasteiger charge is -2.14. The van der Waals surface area contributed by atoms with E-state index in [0.29, 0.717) is 5.78 Å². The van der Waals surface area contributed by atoms with Crippen LogP contribution in [0.5, 0.6) is 0 Å². The summed E-state index contributed by atoms with van der Waals surface area (Å²) in [6.07, 6.45) is 2.89. The minimum Gasteiger partial charge on any atom is -0.299 e. The highest BCUT2D eigenvalue weighted by molar-refractivity contribution is 5.88. The van der Waals surface area contributed by atoms with Gasteiger partial charge < -0.3 is 0 Å². The maximum Gasteiger partial charge on any atom is 0.140 e. The van der Waals surface area contributed by atoms with Crippen molar-refractivity contribution in [1.82, 2.24) is 0 Å². The van der Waals surface area contributed by atoms with Crippen LogP contribution in [0.1, 0.15) is 41.9 Å². The summed E-state index contributed by atoms with van der Waals surface area (Å²) in [6, 6.07) is 6.27. The second-order valence-corrected chi connectivity index (χ2v) is 4.22. The van der Waals surface area contributed by atoms with Gasteiger partial charge in [0.2, 0.25) is 0 Å². The van der Waals surface area contributed by atoms with Crippen LogP contribution >= 0.6 is 0 Å². The molecule has 0 spiro atoms. The van der Waals surface area contributed by atoms with Gasteiger partial charge in [0, 0.05) is 12.3 Å². The monoisotopic (exact) mass is 188 g/mol. The summed E-state index contributed by atoms with van der Waals surface area (Å²) < 4.78 is 0. The van der Waals surface area contributed by atoms with Gasteiger partial charge in [-0.05, 0) is 43.4 Å². The number of carbonyl (C=O) groups excluding carboxylic acids is 1. The van der Waals surface area contributed by atoms with Gasteiger partial charge >= 0.3 is 0 Å². The number of aryl methyl sites for hydroxylation is 2. The molecule has 1 aromatic carbocycles. The van der Waals surface area contributed by atoms with E-state index in [9.17, 15) is 4.79 Å². The minimum atomic E-state index is 0.191. The van der Waals surface area contributed by atoms with E-state index in [-0.39, 0.29) is 5.92 Å². The van der Waals surface area contributed by atoms with Crippen molar-refractivity contribution in [3.8, 4) is 0 Å². The Bertz CT molecular complexity index is 345. The molecule has 1 fully saturated rings. The Kier molecular flexibility index (Phi) is 2.40. The average molecular weight is 188 g/mol. The largest absolute Gasteiger partial charge is 0.299 e. The van der Waals surface area contributed by atoms with Gasteiger partial charge in [-0.3, -0.25) is 4.79 Å². The first-order valence-corrected chi connectivity index (χ1v) is 5.29. The Labute approximate surface area is 85.1 Å². The van der Waals surface area contributed by atoms with Crippen molar-refractivity contribution in [2.75, 3.05) is 0 Å². The van der Waals surface area contributed by atoms with Crippen LogP contribution in [-0.2, 0) is 4.79 Å². The maximum absolute atomic E-state index is 11.7. The molecule has 0 aromatic heterocycles. The fraction of sp³-hybridized carbons (Fsp3) is 0.462. The summed E-state index contributed by atoms with van der Waals surface area (Å²) in [5, 5.41) is 0. The van der Waals surface area contributed by atoms with Crippen molar-refractivity contribution in [3.63, 3.8) is 0 Å². The predicted octanol–water partition coefficient (Wildman–Crippen LogP) is 3.14. The number of hydrogen-bond donors (Lipinski definition) is 0. The molecule has 2 rings (SSSR count). The van der Waals surface area contributed by atoms with Crippen molar-refractivity contribution in [2.24, 2.45) is 0 Å². The SMILES string of the molecule is Cc1cccc(C)c1C1CCCC1=O. The highest BCUT2D eigenvalue weighted by Crippen LogP contribution is 2.34. The lowest BCUT2D eigenvalue weighted by atomic mass is 9.89. The van der Waals surface area contributed by atoms with Crippen LogP contribution in [-0.4, -0.2) is 5.78 Å². The summed E-state index contributed by atoms with van der Waals surface area (Å²) in [7, 11) is 0. The fourth-order valence-corrected chi connectivity index (χ4v) is 2.50. The van der Waals surface area contributed by atoms with E-state index in [1.165, 1.54) is 16.7 Å². The number of carbonyl (C=O) groups is 1. The number of ketones is 1. The highest BCUT2D eigenvalue weighted by atomic mass is 16.1. The smallest absolute Gasteiger partial charge is 0.140 e. The van der Waals surface area contributed by atoms with Gasteiger partial charge in [-0.1, -0.05) is 18.2 Å². The summed E-state index contributed by atoms with van der Waals surface area (Å²) >= 11 is 0. The Morgan fingerprint density at radius 1 is 1.21 bits per heavy atom. The second kappa shape index (κ2) is 3.56. The third kappa shape index (κ3) is 1.47. The lowest BCUT2D eigenvalue weighted by molar-refractivity contribution is -0.118. The molecule has 0 amide bonds. The Morgan fingerprint density at radius 2 is 1.86 bits per heavy atom. The molecule has 1 nitrogen and oxygen atoms in total. The first-order valence-electron chi connectivity index (χ1n) is 5.29. The quantitative estimate of drug-likeness (QED) is 0.661. The summed E-state index contributed by atoms with van der Waals surface area (Å²) in [5.41, 5.74) is 3.82. The van der Waals surface area contributed by atoms with Gasteiger partial charge in [-0.25, -0.2) is 0 Å². The molecular formula is C13H16O. The number of Topliss-reactive ketones (excluding diaryl/α,β-unsaturated/α-hetero) is 1. The van der Waals surface area contributed by atoms with E-state index in [4.69, 9.17) is 0 Å². The molecule has 1 atom stereocenters. The van der Waals surface area contributed by atoms with Crippen LogP contribution < -0.4 is 0 Å². The van der Waals surface area contributed by atoms with Crippen molar-refractivity contribution in [2.45, 2.75) is 39.0 Å².